The summed E-state index contributed by atoms with van der Waals surface area (Å²) >= 11 is 1.96. The largest absolute Gasteiger partial charge is 0.307 e. The van der Waals surface area contributed by atoms with Crippen LogP contribution in [0.1, 0.15) is 69.4 Å². The molecule has 0 bridgehead atoms. The first-order valence-electron chi connectivity index (χ1n) is 8.47. The smallest absolute Gasteiger partial charge is 0.0333 e. The van der Waals surface area contributed by atoms with Gasteiger partial charge < -0.3 is 5.32 Å². The van der Waals surface area contributed by atoms with Crippen molar-refractivity contribution in [3.05, 3.63) is 21.9 Å². The summed E-state index contributed by atoms with van der Waals surface area (Å²) in [5.74, 6) is 2.58. The normalized spacial score (nSPS) is 34.2. The quantitative estimate of drug-likeness (QED) is 0.809. The van der Waals surface area contributed by atoms with Gasteiger partial charge in [-0.25, -0.2) is 0 Å². The van der Waals surface area contributed by atoms with E-state index >= 15 is 0 Å². The second-order valence-electron chi connectivity index (χ2n) is 7.34. The SMILES string of the molecule is CC1CCC(C(C)C)C(NC2CCCc3sccc32)C1. The number of rotatable bonds is 3. The highest BCUT2D eigenvalue weighted by Crippen LogP contribution is 2.38. The molecule has 1 fully saturated rings. The Balaban J connectivity index is 1.73. The van der Waals surface area contributed by atoms with E-state index in [9.17, 15) is 0 Å². The fraction of sp³-hybridized carbons (Fsp3) is 0.778. The van der Waals surface area contributed by atoms with Gasteiger partial charge in [0.25, 0.3) is 0 Å². The van der Waals surface area contributed by atoms with Crippen LogP contribution in [0.5, 0.6) is 0 Å². The second-order valence-corrected chi connectivity index (χ2v) is 8.34. The maximum atomic E-state index is 4.07. The molecule has 0 aliphatic heterocycles. The van der Waals surface area contributed by atoms with Gasteiger partial charge in [-0.15, -0.1) is 11.3 Å². The van der Waals surface area contributed by atoms with Crippen molar-refractivity contribution in [2.24, 2.45) is 17.8 Å². The van der Waals surface area contributed by atoms with Gasteiger partial charge >= 0.3 is 0 Å². The number of fused-ring (bicyclic) bond motifs is 1. The Bertz CT molecular complexity index is 436. The van der Waals surface area contributed by atoms with Crippen molar-refractivity contribution in [2.45, 2.75) is 71.4 Å². The molecule has 2 heteroatoms. The Hall–Kier alpha value is -0.340. The highest BCUT2D eigenvalue weighted by atomic mass is 32.1. The molecule has 1 nitrogen and oxygen atoms in total. The maximum Gasteiger partial charge on any atom is 0.0333 e. The molecule has 112 valence electrons. The molecule has 3 rings (SSSR count). The zero-order valence-electron chi connectivity index (χ0n) is 13.2. The van der Waals surface area contributed by atoms with Gasteiger partial charge in [0.05, 0.1) is 0 Å². The summed E-state index contributed by atoms with van der Waals surface area (Å²) in [4.78, 5) is 1.64. The summed E-state index contributed by atoms with van der Waals surface area (Å²) in [7, 11) is 0. The van der Waals surface area contributed by atoms with E-state index in [1.54, 1.807) is 10.4 Å². The first-order valence-corrected chi connectivity index (χ1v) is 9.35. The minimum absolute atomic E-state index is 0.626. The van der Waals surface area contributed by atoms with Crippen LogP contribution in [0.2, 0.25) is 0 Å². The van der Waals surface area contributed by atoms with Gasteiger partial charge in [-0.05, 0) is 66.9 Å². The van der Waals surface area contributed by atoms with E-state index < -0.39 is 0 Å². The predicted molar refractivity (Wildman–Crippen MR) is 88.3 cm³/mol. The number of aryl methyl sites for hydroxylation is 1. The van der Waals surface area contributed by atoms with Gasteiger partial charge in [-0.2, -0.15) is 0 Å². The number of thiophene rings is 1. The van der Waals surface area contributed by atoms with Crippen LogP contribution < -0.4 is 5.32 Å². The highest BCUT2D eigenvalue weighted by molar-refractivity contribution is 7.10. The number of nitrogens with one attached hydrogen (secondary N) is 1. The van der Waals surface area contributed by atoms with Gasteiger partial charge in [-0.3, -0.25) is 0 Å². The van der Waals surface area contributed by atoms with Crippen LogP contribution in [0.15, 0.2) is 11.4 Å². The standard InChI is InChI=1S/C18H29NS/c1-12(2)14-8-7-13(3)11-17(14)19-16-5-4-6-18-15(16)9-10-20-18/h9-10,12-14,16-17,19H,4-8,11H2,1-3H3. The lowest BCUT2D eigenvalue weighted by molar-refractivity contribution is 0.155. The van der Waals surface area contributed by atoms with E-state index in [1.165, 1.54) is 38.5 Å². The lowest BCUT2D eigenvalue weighted by atomic mass is 9.73. The van der Waals surface area contributed by atoms with E-state index in [2.05, 4.69) is 37.5 Å². The van der Waals surface area contributed by atoms with Crippen LogP contribution in [0.25, 0.3) is 0 Å². The zero-order valence-corrected chi connectivity index (χ0v) is 14.0. The fourth-order valence-electron chi connectivity index (χ4n) is 4.31. The Morgan fingerprint density at radius 3 is 2.90 bits per heavy atom. The molecule has 0 amide bonds. The van der Waals surface area contributed by atoms with Crippen molar-refractivity contribution in [3.63, 3.8) is 0 Å². The molecule has 0 aromatic carbocycles. The van der Waals surface area contributed by atoms with E-state index in [1.807, 2.05) is 11.3 Å². The first kappa shape index (κ1) is 14.6. The van der Waals surface area contributed by atoms with Gasteiger partial charge in [-0.1, -0.05) is 27.2 Å². The third-order valence-electron chi connectivity index (χ3n) is 5.49. The monoisotopic (exact) mass is 291 g/mol. The van der Waals surface area contributed by atoms with E-state index in [4.69, 9.17) is 0 Å². The molecule has 4 atom stereocenters. The highest BCUT2D eigenvalue weighted by Gasteiger charge is 2.33. The summed E-state index contributed by atoms with van der Waals surface area (Å²) in [6.07, 6.45) is 8.22. The summed E-state index contributed by atoms with van der Waals surface area (Å²) in [6, 6.07) is 3.73. The maximum absolute atomic E-state index is 4.07. The molecular weight excluding hydrogens is 262 g/mol. The zero-order chi connectivity index (χ0) is 14.1. The summed E-state index contributed by atoms with van der Waals surface area (Å²) < 4.78 is 0. The second kappa shape index (κ2) is 6.19. The molecule has 0 radical (unpaired) electrons. The van der Waals surface area contributed by atoms with Crippen LogP contribution >= 0.6 is 11.3 Å². The van der Waals surface area contributed by atoms with E-state index in [0.29, 0.717) is 6.04 Å². The summed E-state index contributed by atoms with van der Waals surface area (Å²) in [6.45, 7) is 7.25. The third-order valence-corrected chi connectivity index (χ3v) is 6.49. The molecule has 0 saturated heterocycles. The predicted octanol–water partition coefficient (Wildman–Crippen LogP) is 5.18. The fourth-order valence-corrected chi connectivity index (χ4v) is 5.30. The number of hydrogen-bond acceptors (Lipinski definition) is 2. The van der Waals surface area contributed by atoms with Crippen molar-refractivity contribution in [1.29, 1.82) is 0 Å². The number of hydrogen-bond donors (Lipinski definition) is 1. The Kier molecular flexibility index (Phi) is 4.52. The molecule has 1 heterocycles. The minimum Gasteiger partial charge on any atom is -0.307 e. The van der Waals surface area contributed by atoms with Crippen molar-refractivity contribution < 1.29 is 0 Å². The van der Waals surface area contributed by atoms with E-state index in [-0.39, 0.29) is 0 Å². The van der Waals surface area contributed by atoms with Crippen molar-refractivity contribution in [2.75, 3.05) is 0 Å². The van der Waals surface area contributed by atoms with Crippen LogP contribution in [0.3, 0.4) is 0 Å². The third kappa shape index (κ3) is 2.96. The van der Waals surface area contributed by atoms with Crippen LogP contribution in [-0.2, 0) is 6.42 Å². The molecule has 1 saturated carbocycles. The van der Waals surface area contributed by atoms with Gasteiger partial charge in [0.1, 0.15) is 0 Å². The average Bonchev–Trinajstić information content (AvgIpc) is 2.88. The van der Waals surface area contributed by atoms with Gasteiger partial charge in [0.2, 0.25) is 0 Å². The summed E-state index contributed by atoms with van der Waals surface area (Å²) in [5, 5.41) is 6.35. The van der Waals surface area contributed by atoms with Crippen LogP contribution in [0, 0.1) is 17.8 Å². The van der Waals surface area contributed by atoms with Crippen molar-refractivity contribution in [1.82, 2.24) is 5.32 Å². The summed E-state index contributed by atoms with van der Waals surface area (Å²) in [5.41, 5.74) is 1.61. The molecular formula is C18H29NS. The topological polar surface area (TPSA) is 12.0 Å². The average molecular weight is 292 g/mol. The Morgan fingerprint density at radius 2 is 2.10 bits per heavy atom. The molecule has 4 unspecified atom stereocenters. The lowest BCUT2D eigenvalue weighted by Gasteiger charge is -2.40. The Labute approximate surface area is 128 Å². The van der Waals surface area contributed by atoms with Crippen LogP contribution in [-0.4, -0.2) is 6.04 Å². The molecule has 1 aromatic rings. The molecule has 1 aromatic heterocycles. The molecule has 2 aliphatic carbocycles. The molecule has 20 heavy (non-hydrogen) atoms. The molecule has 1 N–H and O–H groups in total. The van der Waals surface area contributed by atoms with Crippen molar-refractivity contribution >= 4 is 11.3 Å². The Morgan fingerprint density at radius 1 is 1.25 bits per heavy atom. The molecule has 2 aliphatic rings. The van der Waals surface area contributed by atoms with Crippen molar-refractivity contribution in [3.8, 4) is 0 Å². The van der Waals surface area contributed by atoms with E-state index in [0.717, 1.165) is 23.8 Å². The molecule has 0 spiro atoms. The minimum atomic E-state index is 0.626. The first-order chi connectivity index (χ1) is 9.65. The van der Waals surface area contributed by atoms with Gasteiger partial charge in [0, 0.05) is 17.0 Å². The lowest BCUT2D eigenvalue weighted by Crippen LogP contribution is -2.44. The van der Waals surface area contributed by atoms with Gasteiger partial charge in [0.15, 0.2) is 0 Å². The van der Waals surface area contributed by atoms with Crippen LogP contribution in [0.4, 0.5) is 0 Å².